The number of carbonyl (C=O) groups excluding carboxylic acids is 1. The predicted molar refractivity (Wildman–Crippen MR) is 99.4 cm³/mol. The number of Topliss-reactive ketones (excluding diaryl/α,β-unsaturated/α-hetero) is 1. The van der Waals surface area contributed by atoms with Gasteiger partial charge in [0.1, 0.15) is 5.78 Å². The van der Waals surface area contributed by atoms with Crippen LogP contribution in [0.15, 0.2) is 0 Å². The van der Waals surface area contributed by atoms with Gasteiger partial charge in [0, 0.05) is 6.42 Å². The van der Waals surface area contributed by atoms with E-state index >= 15 is 0 Å². The first-order valence-electron chi connectivity index (χ1n) is 10.2. The molecule has 22 heavy (non-hydrogen) atoms. The van der Waals surface area contributed by atoms with Gasteiger partial charge in [0.05, 0.1) is 0 Å². The van der Waals surface area contributed by atoms with Crippen LogP contribution in [0.5, 0.6) is 0 Å². The van der Waals surface area contributed by atoms with Crippen LogP contribution in [0.2, 0.25) is 0 Å². The zero-order chi connectivity index (χ0) is 16.5. The molecular formula is C21H42O. The first-order valence-corrected chi connectivity index (χ1v) is 10.2. The molecule has 0 amide bonds. The third-order valence-electron chi connectivity index (χ3n) is 4.78. The maximum atomic E-state index is 10.8. The Morgan fingerprint density at radius 3 is 1.55 bits per heavy atom. The summed E-state index contributed by atoms with van der Waals surface area (Å²) in [4.78, 5) is 10.8. The normalized spacial score (nSPS) is 12.5. The molecule has 0 aromatic carbocycles. The number of carbonyl (C=O) groups is 1. The summed E-state index contributed by atoms with van der Waals surface area (Å²) in [6, 6.07) is 0. The lowest BCUT2D eigenvalue weighted by molar-refractivity contribution is -0.117. The van der Waals surface area contributed by atoms with Crippen molar-refractivity contribution in [1.82, 2.24) is 0 Å². The molecule has 0 saturated carbocycles. The van der Waals surface area contributed by atoms with Crippen molar-refractivity contribution in [2.24, 2.45) is 5.92 Å². The molecule has 0 aliphatic rings. The Morgan fingerprint density at radius 1 is 0.682 bits per heavy atom. The highest BCUT2D eigenvalue weighted by atomic mass is 16.1. The molecule has 0 aromatic heterocycles. The highest BCUT2D eigenvalue weighted by Gasteiger charge is 2.02. The molecular weight excluding hydrogens is 268 g/mol. The molecule has 0 rings (SSSR count). The Morgan fingerprint density at radius 2 is 1.09 bits per heavy atom. The molecule has 0 bridgehead atoms. The molecule has 1 atom stereocenters. The maximum Gasteiger partial charge on any atom is 0.129 e. The molecule has 0 fully saturated rings. The molecule has 1 nitrogen and oxygen atoms in total. The van der Waals surface area contributed by atoms with Crippen molar-refractivity contribution in [1.29, 1.82) is 0 Å². The van der Waals surface area contributed by atoms with Crippen LogP contribution >= 0.6 is 0 Å². The lowest BCUT2D eigenvalue weighted by atomic mass is 9.96. The average molecular weight is 311 g/mol. The molecule has 0 spiro atoms. The van der Waals surface area contributed by atoms with Crippen molar-refractivity contribution in [2.75, 3.05) is 0 Å². The fourth-order valence-corrected chi connectivity index (χ4v) is 3.17. The summed E-state index contributed by atoms with van der Waals surface area (Å²) in [7, 11) is 0. The van der Waals surface area contributed by atoms with Crippen molar-refractivity contribution in [2.45, 2.75) is 124 Å². The van der Waals surface area contributed by atoms with E-state index in [1.54, 1.807) is 6.92 Å². The smallest absolute Gasteiger partial charge is 0.129 e. The summed E-state index contributed by atoms with van der Waals surface area (Å²) in [6.45, 7) is 6.42. The van der Waals surface area contributed by atoms with Gasteiger partial charge in [0.15, 0.2) is 0 Å². The van der Waals surface area contributed by atoms with Gasteiger partial charge in [0.2, 0.25) is 0 Å². The minimum absolute atomic E-state index is 0.346. The minimum Gasteiger partial charge on any atom is -0.300 e. The monoisotopic (exact) mass is 310 g/mol. The van der Waals surface area contributed by atoms with Crippen LogP contribution in [-0.2, 0) is 4.79 Å². The van der Waals surface area contributed by atoms with Gasteiger partial charge in [-0.25, -0.2) is 0 Å². The van der Waals surface area contributed by atoms with Crippen LogP contribution in [0.4, 0.5) is 0 Å². The third kappa shape index (κ3) is 17.7. The van der Waals surface area contributed by atoms with Crippen LogP contribution in [0.3, 0.4) is 0 Å². The van der Waals surface area contributed by atoms with Crippen molar-refractivity contribution >= 4 is 5.78 Å². The Balaban J connectivity index is 3.15. The van der Waals surface area contributed by atoms with E-state index in [-0.39, 0.29) is 0 Å². The molecule has 1 unspecified atom stereocenters. The predicted octanol–water partition coefficient (Wildman–Crippen LogP) is 7.47. The van der Waals surface area contributed by atoms with Gasteiger partial charge in [-0.2, -0.15) is 0 Å². The van der Waals surface area contributed by atoms with Crippen molar-refractivity contribution in [3.63, 3.8) is 0 Å². The van der Waals surface area contributed by atoms with Gasteiger partial charge >= 0.3 is 0 Å². The van der Waals surface area contributed by atoms with Gasteiger partial charge in [-0.15, -0.1) is 0 Å². The highest BCUT2D eigenvalue weighted by Crippen LogP contribution is 2.18. The van der Waals surface area contributed by atoms with E-state index in [9.17, 15) is 4.79 Å². The van der Waals surface area contributed by atoms with E-state index in [1.165, 1.54) is 89.9 Å². The van der Waals surface area contributed by atoms with Crippen molar-refractivity contribution < 1.29 is 4.79 Å². The molecule has 0 radical (unpaired) electrons. The van der Waals surface area contributed by atoms with Gasteiger partial charge in [0.25, 0.3) is 0 Å². The summed E-state index contributed by atoms with van der Waals surface area (Å²) in [5, 5.41) is 0. The fourth-order valence-electron chi connectivity index (χ4n) is 3.17. The number of rotatable bonds is 17. The lowest BCUT2D eigenvalue weighted by Crippen LogP contribution is -1.95. The largest absolute Gasteiger partial charge is 0.300 e. The highest BCUT2D eigenvalue weighted by molar-refractivity contribution is 5.75. The zero-order valence-electron chi connectivity index (χ0n) is 15.8. The van der Waals surface area contributed by atoms with E-state index in [4.69, 9.17) is 0 Å². The van der Waals surface area contributed by atoms with Gasteiger partial charge in [-0.1, -0.05) is 104 Å². The Labute approximate surface area is 140 Å². The molecule has 0 saturated heterocycles. The van der Waals surface area contributed by atoms with E-state index in [0.717, 1.165) is 18.8 Å². The van der Waals surface area contributed by atoms with Crippen LogP contribution in [0.1, 0.15) is 124 Å². The maximum absolute atomic E-state index is 10.8. The zero-order valence-corrected chi connectivity index (χ0v) is 15.8. The molecule has 132 valence electrons. The second kappa shape index (κ2) is 17.0. The third-order valence-corrected chi connectivity index (χ3v) is 4.78. The molecule has 0 N–H and O–H groups in total. The lowest BCUT2D eigenvalue weighted by Gasteiger charge is -2.11. The van der Waals surface area contributed by atoms with Crippen molar-refractivity contribution in [3.05, 3.63) is 0 Å². The summed E-state index contributed by atoms with van der Waals surface area (Å²) in [6.07, 6.45) is 21.5. The topological polar surface area (TPSA) is 17.1 Å². The van der Waals surface area contributed by atoms with Crippen LogP contribution < -0.4 is 0 Å². The quantitative estimate of drug-likeness (QED) is 0.255. The molecule has 0 aromatic rings. The van der Waals surface area contributed by atoms with E-state index in [2.05, 4.69) is 13.8 Å². The van der Waals surface area contributed by atoms with E-state index < -0.39 is 0 Å². The van der Waals surface area contributed by atoms with Gasteiger partial charge < -0.3 is 4.79 Å². The summed E-state index contributed by atoms with van der Waals surface area (Å²) in [5.41, 5.74) is 0. The van der Waals surface area contributed by atoms with E-state index in [1.807, 2.05) is 0 Å². The Kier molecular flexibility index (Phi) is 16.8. The minimum atomic E-state index is 0.346. The first-order chi connectivity index (χ1) is 10.7. The fraction of sp³-hybridized carbons (Fsp3) is 0.952. The molecule has 0 aliphatic heterocycles. The second-order valence-corrected chi connectivity index (χ2v) is 7.38. The number of hydrogen-bond donors (Lipinski definition) is 0. The summed E-state index contributed by atoms with van der Waals surface area (Å²) in [5.74, 6) is 1.27. The summed E-state index contributed by atoms with van der Waals surface area (Å²) < 4.78 is 0. The Bertz CT molecular complexity index is 234. The number of unbranched alkanes of at least 4 members (excludes halogenated alkanes) is 11. The van der Waals surface area contributed by atoms with E-state index in [0.29, 0.717) is 5.78 Å². The van der Waals surface area contributed by atoms with Crippen LogP contribution in [0.25, 0.3) is 0 Å². The standard InChI is InChI=1S/C21H42O/c1-4-5-6-7-8-11-14-17-20(2)18-15-12-9-10-13-16-19-21(3)22/h20H,4-19H2,1-3H3. The first kappa shape index (κ1) is 21.7. The SMILES string of the molecule is CCCCCCCCCC(C)CCCCCCCCC(C)=O. The van der Waals surface area contributed by atoms with Crippen LogP contribution in [-0.4, -0.2) is 5.78 Å². The second-order valence-electron chi connectivity index (χ2n) is 7.38. The van der Waals surface area contributed by atoms with Crippen LogP contribution in [0, 0.1) is 5.92 Å². The number of ketones is 1. The molecule has 0 heterocycles. The molecule has 0 aliphatic carbocycles. The van der Waals surface area contributed by atoms with Gasteiger partial charge in [-0.05, 0) is 19.3 Å². The van der Waals surface area contributed by atoms with Crippen molar-refractivity contribution in [3.8, 4) is 0 Å². The number of hydrogen-bond acceptors (Lipinski definition) is 1. The van der Waals surface area contributed by atoms with Gasteiger partial charge in [-0.3, -0.25) is 0 Å². The summed E-state index contributed by atoms with van der Waals surface area (Å²) >= 11 is 0. The average Bonchev–Trinajstić information content (AvgIpc) is 2.48. The molecule has 1 heteroatoms. The Hall–Kier alpha value is -0.330.